The van der Waals surface area contributed by atoms with Crippen LogP contribution in [0.25, 0.3) is 0 Å². The van der Waals surface area contributed by atoms with E-state index in [2.05, 4.69) is 50.4 Å². The molecule has 1 aromatic carbocycles. The summed E-state index contributed by atoms with van der Waals surface area (Å²) < 4.78 is 34.9. The van der Waals surface area contributed by atoms with E-state index in [1.165, 1.54) is 6.07 Å². The summed E-state index contributed by atoms with van der Waals surface area (Å²) in [7, 11) is -3.71. The van der Waals surface area contributed by atoms with Gasteiger partial charge in [-0.2, -0.15) is 20.2 Å². The van der Waals surface area contributed by atoms with Crippen molar-refractivity contribution in [3.63, 3.8) is 0 Å². The molecule has 0 spiro atoms. The van der Waals surface area contributed by atoms with Crippen LogP contribution in [0.4, 0.5) is 22.0 Å². The van der Waals surface area contributed by atoms with Crippen LogP contribution in [0.1, 0.15) is 72.6 Å². The Morgan fingerprint density at radius 1 is 1.07 bits per heavy atom. The zero-order valence-electron chi connectivity index (χ0n) is 34.0. The summed E-state index contributed by atoms with van der Waals surface area (Å²) >= 11 is 11.7. The minimum Gasteiger partial charge on any atom is -0.778 e. The fraction of sp³-hybridized carbons (Fsp3) is 0.556. The van der Waals surface area contributed by atoms with E-state index in [-0.39, 0.29) is 27.7 Å². The minimum absolute atomic E-state index is 0.000883. The smallest absolute Gasteiger partial charge is 0.344 e. The summed E-state index contributed by atoms with van der Waals surface area (Å²) in [6.07, 6.45) is 11.3. The van der Waals surface area contributed by atoms with Crippen LogP contribution >= 0.6 is 30.8 Å². The average Bonchev–Trinajstić information content (AvgIpc) is 3.38. The van der Waals surface area contributed by atoms with Gasteiger partial charge in [-0.15, -0.1) is 0 Å². The van der Waals surface area contributed by atoms with E-state index < -0.39 is 62.1 Å². The van der Waals surface area contributed by atoms with Crippen molar-refractivity contribution >= 4 is 83.0 Å². The van der Waals surface area contributed by atoms with E-state index in [1.807, 2.05) is 19.2 Å². The Morgan fingerprint density at radius 3 is 2.15 bits per heavy atom. The van der Waals surface area contributed by atoms with E-state index in [0.717, 1.165) is 43.1 Å². The second-order valence-electron chi connectivity index (χ2n) is 13.5. The molecule has 328 valence electrons. The first-order valence-electron chi connectivity index (χ1n) is 18.2. The highest BCUT2D eigenvalue weighted by atomic mass is 35.5. The van der Waals surface area contributed by atoms with Gasteiger partial charge in [0.25, 0.3) is 11.8 Å². The van der Waals surface area contributed by atoms with Gasteiger partial charge in [-0.25, -0.2) is 14.1 Å². The molecule has 1 unspecified atom stereocenters. The van der Waals surface area contributed by atoms with Crippen LogP contribution in [-0.4, -0.2) is 106 Å². The van der Waals surface area contributed by atoms with Crippen molar-refractivity contribution in [2.24, 2.45) is 0 Å². The lowest BCUT2D eigenvalue weighted by atomic mass is 9.93. The first-order valence-corrected chi connectivity index (χ1v) is 23.2. The number of amides is 2. The van der Waals surface area contributed by atoms with Gasteiger partial charge in [-0.3, -0.25) is 19.7 Å². The SMILES string of the molecule is CCCCCOC(=O)COc1cc(N2C(=O)C3=C(CCCC3)C2=O)c(F)cc1Cl.CCNc1nc(Cl)nc(NC(C)(C)C#N)n1.C[S+](C)C.O=C(O)CNCP(=O)([O-])O. The number of nitriles is 1. The number of carboxylic acid groups (broad SMARTS) is 1. The summed E-state index contributed by atoms with van der Waals surface area (Å²) in [6.45, 7) is 7.49. The molecule has 1 aliphatic carbocycles. The number of imide groups is 1. The number of hydrogen-bond acceptors (Lipinski definition) is 15. The lowest BCUT2D eigenvalue weighted by molar-refractivity contribution is -0.193. The molecule has 2 heterocycles. The molecule has 0 saturated heterocycles. The number of aromatic nitrogens is 3. The topological polar surface area (TPSA) is 269 Å². The summed E-state index contributed by atoms with van der Waals surface area (Å²) in [5.41, 5.74) is -0.0821. The third kappa shape index (κ3) is 20.6. The maximum Gasteiger partial charge on any atom is 0.344 e. The van der Waals surface area contributed by atoms with Crippen molar-refractivity contribution < 1.29 is 52.5 Å². The number of hydrogen-bond donors (Lipinski definition) is 5. The highest BCUT2D eigenvalue weighted by molar-refractivity contribution is 7.94. The molecule has 23 heteroatoms. The quantitative estimate of drug-likeness (QED) is 0.0504. The molecular formula is C36H52Cl2FN8O10PS. The standard InChI is InChI=1S/C21H23ClFNO5.C9H13ClN6.C3H8NO5P.C3H9S/c1-2-3-6-9-28-19(25)12-29-18-11-17(16(23)10-15(18)22)24-20(26)13-7-4-5-8-14(13)21(24)27;1-4-12-7-13-6(10)14-8(15-7)16-9(2,3)5-11;5-3(6)1-4-2-10(7,8)9;1-4(2)3/h10-11H,2-9,12H2,1H3;4H2,1-3H3,(H2,12,13,14,15,16);4H,1-2H2,(H,5,6)(H2,7,8,9);1-3H3/q;;;+1/p-1. The number of esters is 1. The largest absolute Gasteiger partial charge is 0.778 e. The number of nitrogens with one attached hydrogen (secondary N) is 3. The van der Waals surface area contributed by atoms with E-state index >= 15 is 0 Å². The van der Waals surface area contributed by atoms with E-state index in [1.54, 1.807) is 13.8 Å². The van der Waals surface area contributed by atoms with Crippen LogP contribution in [0, 0.1) is 17.1 Å². The van der Waals surface area contributed by atoms with Crippen LogP contribution in [0.3, 0.4) is 0 Å². The molecule has 2 aliphatic rings. The number of carbonyl (C=O) groups excluding carboxylic acids is 3. The minimum atomic E-state index is -4.35. The normalized spacial score (nSPS) is 14.3. The number of carbonyl (C=O) groups is 4. The number of rotatable bonds is 16. The van der Waals surface area contributed by atoms with Crippen LogP contribution in [-0.2, 0) is 39.4 Å². The molecular weight excluding hydrogens is 857 g/mol. The number of nitrogens with zero attached hydrogens (tertiary/aromatic N) is 5. The van der Waals surface area contributed by atoms with Crippen molar-refractivity contribution in [3.8, 4) is 11.8 Å². The van der Waals surface area contributed by atoms with E-state index in [4.69, 9.17) is 47.9 Å². The predicted octanol–water partition coefficient (Wildman–Crippen LogP) is 4.66. The molecule has 0 radical (unpaired) electrons. The van der Waals surface area contributed by atoms with Gasteiger partial charge >= 0.3 is 11.9 Å². The van der Waals surface area contributed by atoms with E-state index in [9.17, 15) is 33.0 Å². The summed E-state index contributed by atoms with van der Waals surface area (Å²) in [4.78, 5) is 77.6. The van der Waals surface area contributed by atoms with Crippen molar-refractivity contribution in [1.82, 2.24) is 20.3 Å². The number of aliphatic carboxylic acids is 1. The molecule has 1 aromatic heterocycles. The monoisotopic (exact) mass is 908 g/mol. The third-order valence-corrected chi connectivity index (χ3v) is 8.31. The number of carboxylic acids is 1. The van der Waals surface area contributed by atoms with Gasteiger partial charge in [0, 0.05) is 23.8 Å². The maximum absolute atomic E-state index is 14.5. The zero-order valence-corrected chi connectivity index (χ0v) is 37.2. The van der Waals surface area contributed by atoms with Gasteiger partial charge in [0.15, 0.2) is 6.61 Å². The predicted molar refractivity (Wildman–Crippen MR) is 223 cm³/mol. The lowest BCUT2D eigenvalue weighted by Gasteiger charge is -2.18. The Labute approximate surface area is 356 Å². The molecule has 18 nitrogen and oxygen atoms in total. The molecule has 1 atom stereocenters. The maximum atomic E-state index is 14.5. The number of anilines is 3. The van der Waals surface area contributed by atoms with Gasteiger partial charge in [0.2, 0.25) is 17.2 Å². The number of halogens is 3. The van der Waals surface area contributed by atoms with Crippen molar-refractivity contribution in [1.29, 1.82) is 5.26 Å². The Kier molecular flexibility index (Phi) is 23.5. The van der Waals surface area contributed by atoms with Crippen LogP contribution < -0.4 is 30.5 Å². The molecule has 4 rings (SSSR count). The Hall–Kier alpha value is -4.09. The van der Waals surface area contributed by atoms with Crippen LogP contribution in [0.2, 0.25) is 10.3 Å². The number of ether oxygens (including phenoxy) is 2. The Bertz CT molecular complexity index is 1850. The second kappa shape index (κ2) is 26.2. The van der Waals surface area contributed by atoms with E-state index in [0.29, 0.717) is 54.0 Å². The van der Waals surface area contributed by atoms with Gasteiger partial charge in [0.1, 0.15) is 24.7 Å². The second-order valence-corrected chi connectivity index (χ2v) is 18.3. The fourth-order valence-electron chi connectivity index (χ4n) is 4.73. The van der Waals surface area contributed by atoms with Crippen molar-refractivity contribution in [2.45, 2.75) is 78.2 Å². The van der Waals surface area contributed by atoms with Gasteiger partial charge < -0.3 is 39.6 Å². The number of benzene rings is 1. The Morgan fingerprint density at radius 2 is 1.64 bits per heavy atom. The molecule has 0 bridgehead atoms. The summed E-state index contributed by atoms with van der Waals surface area (Å²) in [6, 6.07) is 4.23. The van der Waals surface area contributed by atoms with Crippen LogP contribution in [0.5, 0.6) is 5.75 Å². The van der Waals surface area contributed by atoms with Gasteiger partial charge in [-0.1, -0.05) is 31.4 Å². The molecule has 59 heavy (non-hydrogen) atoms. The lowest BCUT2D eigenvalue weighted by Crippen LogP contribution is -2.32. The molecule has 2 amide bonds. The van der Waals surface area contributed by atoms with Gasteiger partial charge in [0.05, 0.1) is 55.0 Å². The number of unbranched alkanes of at least 4 members (excludes halogenated alkanes) is 2. The highest BCUT2D eigenvalue weighted by Crippen LogP contribution is 2.39. The summed E-state index contributed by atoms with van der Waals surface area (Å²) in [5.74, 6) is -2.91. The van der Waals surface area contributed by atoms with Crippen LogP contribution in [0.15, 0.2) is 23.3 Å². The molecule has 2 aromatic rings. The molecule has 1 aliphatic heterocycles. The van der Waals surface area contributed by atoms with Gasteiger partial charge in [-0.05, 0) is 81.4 Å². The summed E-state index contributed by atoms with van der Waals surface area (Å²) in [5, 5.41) is 24.6. The fourth-order valence-corrected chi connectivity index (χ4v) is 5.49. The first-order chi connectivity index (χ1) is 27.5. The molecule has 5 N–H and O–H groups in total. The van der Waals surface area contributed by atoms with Crippen molar-refractivity contribution in [3.05, 3.63) is 39.4 Å². The van der Waals surface area contributed by atoms with Crippen molar-refractivity contribution in [2.75, 3.05) is 66.9 Å². The first kappa shape index (κ1) is 52.9. The zero-order chi connectivity index (χ0) is 44.9. The molecule has 0 fully saturated rings. The molecule has 0 saturated carbocycles. The third-order valence-electron chi connectivity index (χ3n) is 7.22. The Balaban J connectivity index is 0.000000485. The highest BCUT2D eigenvalue weighted by Gasteiger charge is 2.41. The average molecular weight is 910 g/mol.